The summed E-state index contributed by atoms with van der Waals surface area (Å²) in [5, 5.41) is 0. The van der Waals surface area contributed by atoms with Crippen molar-refractivity contribution < 1.29 is 4.39 Å². The summed E-state index contributed by atoms with van der Waals surface area (Å²) in [4.78, 5) is 4.96. The molecule has 1 aromatic carbocycles. The maximum atomic E-state index is 14.0. The molecule has 3 rings (SSSR count). The highest BCUT2D eigenvalue weighted by Crippen LogP contribution is 2.26. The van der Waals surface area contributed by atoms with Crippen molar-refractivity contribution in [3.8, 4) is 0 Å². The Bertz CT molecular complexity index is 520. The van der Waals surface area contributed by atoms with Gasteiger partial charge in [0.05, 0.1) is 0 Å². The molecular formula is C16H22FN3S. The Morgan fingerprint density at radius 1 is 1.14 bits per heavy atom. The third kappa shape index (κ3) is 3.19. The number of nitrogens with zero attached hydrogens (tertiary/aromatic N) is 2. The lowest BCUT2D eigenvalue weighted by molar-refractivity contribution is 0.187. The summed E-state index contributed by atoms with van der Waals surface area (Å²) < 4.78 is 14.0. The molecule has 2 N–H and O–H groups in total. The number of nitrogens with two attached hydrogens (primary N) is 1. The standard InChI is InChI=1S/C16H22FN3S/c17-15-11-13(5-6-14(15)16(18)21)20-9-7-19(8-10-20)12-3-1-2-4-12/h5-6,11-12H,1-4,7-10H2,(H2,18,21). The molecule has 114 valence electrons. The first-order chi connectivity index (χ1) is 10.1. The second kappa shape index (κ2) is 6.28. The van der Waals surface area contributed by atoms with E-state index >= 15 is 0 Å². The maximum absolute atomic E-state index is 14.0. The van der Waals surface area contributed by atoms with Crippen LogP contribution in [-0.2, 0) is 0 Å². The SMILES string of the molecule is NC(=S)c1ccc(N2CCN(C3CCCC3)CC2)cc1F. The summed E-state index contributed by atoms with van der Waals surface area (Å²) in [7, 11) is 0. The quantitative estimate of drug-likeness (QED) is 0.870. The van der Waals surface area contributed by atoms with Gasteiger partial charge in [-0.3, -0.25) is 4.90 Å². The summed E-state index contributed by atoms with van der Waals surface area (Å²) in [6.45, 7) is 4.07. The highest BCUT2D eigenvalue weighted by Gasteiger charge is 2.26. The fourth-order valence-electron chi connectivity index (χ4n) is 3.52. The normalized spacial score (nSPS) is 20.9. The van der Waals surface area contributed by atoms with Gasteiger partial charge in [-0.15, -0.1) is 0 Å². The third-order valence-corrected chi connectivity index (χ3v) is 4.96. The molecule has 3 nitrogen and oxygen atoms in total. The van der Waals surface area contributed by atoms with Gasteiger partial charge in [-0.1, -0.05) is 25.1 Å². The monoisotopic (exact) mass is 307 g/mol. The lowest BCUT2D eigenvalue weighted by Crippen LogP contribution is -2.49. The van der Waals surface area contributed by atoms with Crippen LogP contribution >= 0.6 is 12.2 Å². The Balaban J connectivity index is 1.64. The largest absolute Gasteiger partial charge is 0.389 e. The van der Waals surface area contributed by atoms with E-state index in [1.165, 1.54) is 25.7 Å². The van der Waals surface area contributed by atoms with Crippen molar-refractivity contribution in [2.24, 2.45) is 5.73 Å². The molecule has 0 bridgehead atoms. The predicted octanol–water partition coefficient (Wildman–Crippen LogP) is 2.52. The van der Waals surface area contributed by atoms with E-state index in [-0.39, 0.29) is 10.8 Å². The summed E-state index contributed by atoms with van der Waals surface area (Å²) >= 11 is 4.84. The Morgan fingerprint density at radius 3 is 2.38 bits per heavy atom. The zero-order valence-corrected chi connectivity index (χ0v) is 13.0. The van der Waals surface area contributed by atoms with E-state index in [4.69, 9.17) is 18.0 Å². The number of hydrogen-bond donors (Lipinski definition) is 1. The average Bonchev–Trinajstić information content (AvgIpc) is 3.01. The van der Waals surface area contributed by atoms with Gasteiger partial charge in [0.2, 0.25) is 0 Å². The molecule has 1 aliphatic carbocycles. The van der Waals surface area contributed by atoms with Crippen LogP contribution in [-0.4, -0.2) is 42.1 Å². The van der Waals surface area contributed by atoms with Crippen LogP contribution in [0.4, 0.5) is 10.1 Å². The predicted molar refractivity (Wildman–Crippen MR) is 88.3 cm³/mol. The Hall–Kier alpha value is -1.20. The fourth-order valence-corrected chi connectivity index (χ4v) is 3.68. The Labute approximate surface area is 130 Å². The molecule has 2 fully saturated rings. The highest BCUT2D eigenvalue weighted by molar-refractivity contribution is 7.80. The molecule has 0 unspecified atom stereocenters. The Morgan fingerprint density at radius 2 is 1.81 bits per heavy atom. The number of benzene rings is 1. The zero-order chi connectivity index (χ0) is 14.8. The third-order valence-electron chi connectivity index (χ3n) is 4.74. The van der Waals surface area contributed by atoms with Gasteiger partial charge in [-0.05, 0) is 31.0 Å². The molecule has 0 atom stereocenters. The van der Waals surface area contributed by atoms with E-state index < -0.39 is 0 Å². The molecule has 1 aliphatic heterocycles. The van der Waals surface area contributed by atoms with Crippen molar-refractivity contribution in [1.82, 2.24) is 4.90 Å². The van der Waals surface area contributed by atoms with Crippen LogP contribution in [0.5, 0.6) is 0 Å². The molecule has 0 amide bonds. The molecule has 0 aromatic heterocycles. The van der Waals surface area contributed by atoms with Crippen molar-refractivity contribution in [2.45, 2.75) is 31.7 Å². The number of piperazine rings is 1. The summed E-state index contributed by atoms with van der Waals surface area (Å²) in [6, 6.07) is 5.94. The van der Waals surface area contributed by atoms with Crippen LogP contribution in [0.3, 0.4) is 0 Å². The maximum Gasteiger partial charge on any atom is 0.135 e. The van der Waals surface area contributed by atoms with Crippen molar-refractivity contribution in [2.75, 3.05) is 31.1 Å². The molecular weight excluding hydrogens is 285 g/mol. The minimum absolute atomic E-state index is 0.116. The molecule has 1 aromatic rings. The van der Waals surface area contributed by atoms with Crippen molar-refractivity contribution >= 4 is 22.9 Å². The molecule has 2 aliphatic rings. The van der Waals surface area contributed by atoms with Gasteiger partial charge in [0.1, 0.15) is 10.8 Å². The first kappa shape index (κ1) is 14.7. The van der Waals surface area contributed by atoms with E-state index in [1.807, 2.05) is 6.07 Å². The Kier molecular flexibility index (Phi) is 4.40. The van der Waals surface area contributed by atoms with Crippen LogP contribution < -0.4 is 10.6 Å². The second-order valence-electron chi connectivity index (χ2n) is 5.99. The minimum Gasteiger partial charge on any atom is -0.389 e. The molecule has 0 spiro atoms. The molecule has 1 saturated carbocycles. The summed E-state index contributed by atoms with van der Waals surface area (Å²) in [5.41, 5.74) is 6.76. The number of anilines is 1. The van der Waals surface area contributed by atoms with E-state index in [0.717, 1.165) is 37.9 Å². The van der Waals surface area contributed by atoms with Crippen LogP contribution in [0.25, 0.3) is 0 Å². The van der Waals surface area contributed by atoms with Gasteiger partial charge in [0.15, 0.2) is 0 Å². The van der Waals surface area contributed by atoms with Crippen molar-refractivity contribution in [3.63, 3.8) is 0 Å². The number of thiocarbonyl (C=S) groups is 1. The molecule has 5 heteroatoms. The minimum atomic E-state index is -0.321. The topological polar surface area (TPSA) is 32.5 Å². The van der Waals surface area contributed by atoms with Crippen molar-refractivity contribution in [1.29, 1.82) is 0 Å². The van der Waals surface area contributed by atoms with Crippen LogP contribution in [0.1, 0.15) is 31.2 Å². The average molecular weight is 307 g/mol. The van der Waals surface area contributed by atoms with Gasteiger partial charge in [-0.25, -0.2) is 4.39 Å². The van der Waals surface area contributed by atoms with Crippen LogP contribution in [0, 0.1) is 5.82 Å². The molecule has 1 saturated heterocycles. The smallest absolute Gasteiger partial charge is 0.135 e. The lowest BCUT2D eigenvalue weighted by atomic mass is 10.1. The number of halogens is 1. The van der Waals surface area contributed by atoms with Crippen molar-refractivity contribution in [3.05, 3.63) is 29.6 Å². The first-order valence-corrected chi connectivity index (χ1v) is 8.14. The van der Waals surface area contributed by atoms with Gasteiger partial charge in [0, 0.05) is 43.5 Å². The zero-order valence-electron chi connectivity index (χ0n) is 12.2. The summed E-state index contributed by atoms with van der Waals surface area (Å²) in [6.07, 6.45) is 5.43. The van der Waals surface area contributed by atoms with Crippen LogP contribution in [0.2, 0.25) is 0 Å². The molecule has 21 heavy (non-hydrogen) atoms. The van der Waals surface area contributed by atoms with Gasteiger partial charge >= 0.3 is 0 Å². The van der Waals surface area contributed by atoms with Gasteiger partial charge in [0.25, 0.3) is 0 Å². The highest BCUT2D eigenvalue weighted by atomic mass is 32.1. The van der Waals surface area contributed by atoms with E-state index in [1.54, 1.807) is 12.1 Å². The molecule has 1 heterocycles. The van der Waals surface area contributed by atoms with Gasteiger partial charge in [-0.2, -0.15) is 0 Å². The van der Waals surface area contributed by atoms with E-state index in [9.17, 15) is 4.39 Å². The lowest BCUT2D eigenvalue weighted by Gasteiger charge is -2.39. The number of hydrogen-bond acceptors (Lipinski definition) is 3. The fraction of sp³-hybridized carbons (Fsp3) is 0.562. The van der Waals surface area contributed by atoms with E-state index in [0.29, 0.717) is 5.56 Å². The summed E-state index contributed by atoms with van der Waals surface area (Å²) in [5.74, 6) is -0.321. The van der Waals surface area contributed by atoms with Gasteiger partial charge < -0.3 is 10.6 Å². The second-order valence-corrected chi connectivity index (χ2v) is 6.43. The van der Waals surface area contributed by atoms with Crippen LogP contribution in [0.15, 0.2) is 18.2 Å². The van der Waals surface area contributed by atoms with E-state index in [2.05, 4.69) is 9.80 Å². The molecule has 0 radical (unpaired) electrons. The first-order valence-electron chi connectivity index (χ1n) is 7.73. The number of rotatable bonds is 3.